The van der Waals surface area contributed by atoms with Gasteiger partial charge in [0.05, 0.1) is 11.6 Å². The van der Waals surface area contributed by atoms with Crippen molar-refractivity contribution in [2.45, 2.75) is 0 Å². The smallest absolute Gasteiger partial charge is 0.164 e. The van der Waals surface area contributed by atoms with E-state index in [0.29, 0.717) is 23.0 Å². The third-order valence-corrected chi connectivity index (χ3v) is 9.62. The highest BCUT2D eigenvalue weighted by molar-refractivity contribution is 6.13. The van der Waals surface area contributed by atoms with Crippen LogP contribution in [-0.4, -0.2) is 15.0 Å². The standard InChI is InChI=1S/C46H26N4O2/c47-27-33-11-4-5-12-34(33)29-19-17-28(18-20-29)31-21-23-41-38(25-31)43-36(14-8-16-42(43)52-41)46-49-44(30-9-2-1-3-10-30)48-45(50-46)32-22-24-40-37(26-32)35-13-6-7-15-39(35)51-40/h1-26H. The minimum atomic E-state index is 0.556. The predicted octanol–water partition coefficient (Wildman–Crippen LogP) is 11.9. The topological polar surface area (TPSA) is 88.7 Å². The van der Waals surface area contributed by atoms with Crippen LogP contribution in [0.1, 0.15) is 5.56 Å². The molecule has 0 spiro atoms. The SMILES string of the molecule is N#Cc1ccccc1-c1ccc(-c2ccc3oc4cccc(-c5nc(-c6ccccc6)nc(-c6ccc7oc8ccccc8c7c6)n5)c4c3c2)cc1. The zero-order chi connectivity index (χ0) is 34.6. The Kier molecular flexibility index (Phi) is 6.76. The van der Waals surface area contributed by atoms with Gasteiger partial charge in [-0.1, -0.05) is 109 Å². The number of nitrogens with zero attached hydrogens (tertiary/aromatic N) is 4. The Balaban J connectivity index is 1.13. The first kappa shape index (κ1) is 29.5. The highest BCUT2D eigenvalue weighted by atomic mass is 16.3. The molecule has 7 aromatic carbocycles. The highest BCUT2D eigenvalue weighted by Gasteiger charge is 2.19. The number of aromatic nitrogens is 3. The number of benzene rings is 7. The van der Waals surface area contributed by atoms with E-state index in [2.05, 4.69) is 54.6 Å². The Morgan fingerprint density at radius 1 is 0.385 bits per heavy atom. The van der Waals surface area contributed by atoms with Crippen LogP contribution in [0.25, 0.3) is 100 Å². The highest BCUT2D eigenvalue weighted by Crippen LogP contribution is 2.39. The van der Waals surface area contributed by atoms with Crippen LogP contribution in [0.4, 0.5) is 0 Å². The van der Waals surface area contributed by atoms with E-state index in [-0.39, 0.29) is 0 Å². The molecule has 0 aliphatic rings. The molecule has 0 aliphatic heterocycles. The number of hydrogen-bond donors (Lipinski definition) is 0. The molecule has 0 radical (unpaired) electrons. The van der Waals surface area contributed by atoms with Gasteiger partial charge in [0, 0.05) is 38.2 Å². The van der Waals surface area contributed by atoms with E-state index >= 15 is 0 Å². The largest absolute Gasteiger partial charge is 0.456 e. The second-order valence-corrected chi connectivity index (χ2v) is 12.7. The number of nitriles is 1. The first-order chi connectivity index (χ1) is 25.7. The summed E-state index contributed by atoms with van der Waals surface area (Å²) in [6.07, 6.45) is 0. The Hall–Kier alpha value is -7.36. The molecule has 3 aromatic heterocycles. The van der Waals surface area contributed by atoms with Crippen LogP contribution in [0.5, 0.6) is 0 Å². The number of furan rings is 2. The fourth-order valence-electron chi connectivity index (χ4n) is 7.07. The van der Waals surface area contributed by atoms with Gasteiger partial charge in [-0.3, -0.25) is 0 Å². The van der Waals surface area contributed by atoms with Gasteiger partial charge in [0.15, 0.2) is 17.5 Å². The van der Waals surface area contributed by atoms with Gasteiger partial charge in [-0.2, -0.15) is 5.26 Å². The number of rotatable bonds is 5. The fraction of sp³-hybridized carbons (Fsp3) is 0. The van der Waals surface area contributed by atoms with Crippen molar-refractivity contribution in [1.82, 2.24) is 15.0 Å². The summed E-state index contributed by atoms with van der Waals surface area (Å²) in [4.78, 5) is 15.2. The zero-order valence-electron chi connectivity index (χ0n) is 27.6. The van der Waals surface area contributed by atoms with Crippen LogP contribution in [0, 0.1) is 11.3 Å². The molecule has 10 aromatic rings. The van der Waals surface area contributed by atoms with Crippen molar-refractivity contribution in [2.24, 2.45) is 0 Å². The van der Waals surface area contributed by atoms with Crippen LogP contribution in [-0.2, 0) is 0 Å². The molecular weight excluding hydrogens is 641 g/mol. The van der Waals surface area contributed by atoms with Crippen molar-refractivity contribution >= 4 is 43.9 Å². The maximum absolute atomic E-state index is 9.62. The van der Waals surface area contributed by atoms with Gasteiger partial charge >= 0.3 is 0 Å². The van der Waals surface area contributed by atoms with Crippen molar-refractivity contribution in [1.29, 1.82) is 5.26 Å². The van der Waals surface area contributed by atoms with Crippen LogP contribution < -0.4 is 0 Å². The fourth-order valence-corrected chi connectivity index (χ4v) is 7.07. The van der Waals surface area contributed by atoms with Crippen LogP contribution >= 0.6 is 0 Å². The van der Waals surface area contributed by atoms with E-state index in [1.54, 1.807) is 0 Å². The lowest BCUT2D eigenvalue weighted by Gasteiger charge is -2.09. The predicted molar refractivity (Wildman–Crippen MR) is 206 cm³/mol. The van der Waals surface area contributed by atoms with E-state index in [1.807, 2.05) is 109 Å². The third kappa shape index (κ3) is 4.92. The second kappa shape index (κ2) is 11.9. The van der Waals surface area contributed by atoms with E-state index in [9.17, 15) is 5.26 Å². The van der Waals surface area contributed by atoms with Gasteiger partial charge in [0.2, 0.25) is 0 Å². The van der Waals surface area contributed by atoms with Crippen molar-refractivity contribution in [3.8, 4) is 62.5 Å². The number of hydrogen-bond acceptors (Lipinski definition) is 6. The first-order valence-corrected chi connectivity index (χ1v) is 17.0. The maximum Gasteiger partial charge on any atom is 0.164 e. The van der Waals surface area contributed by atoms with E-state index < -0.39 is 0 Å². The monoisotopic (exact) mass is 666 g/mol. The normalized spacial score (nSPS) is 11.4. The summed E-state index contributed by atoms with van der Waals surface area (Å²) in [6.45, 7) is 0. The third-order valence-electron chi connectivity index (χ3n) is 9.62. The molecule has 10 rings (SSSR count). The summed E-state index contributed by atoms with van der Waals surface area (Å²) in [6, 6.07) is 54.7. The molecule has 0 amide bonds. The quantitative estimate of drug-likeness (QED) is 0.182. The van der Waals surface area contributed by atoms with Gasteiger partial charge in [0.25, 0.3) is 0 Å². The molecule has 3 heterocycles. The zero-order valence-corrected chi connectivity index (χ0v) is 27.6. The van der Waals surface area contributed by atoms with Gasteiger partial charge in [0.1, 0.15) is 22.3 Å². The van der Waals surface area contributed by atoms with Crippen LogP contribution in [0.3, 0.4) is 0 Å². The van der Waals surface area contributed by atoms with E-state index in [1.165, 1.54) is 0 Å². The lowest BCUT2D eigenvalue weighted by molar-refractivity contribution is 0.668. The Morgan fingerprint density at radius 2 is 0.962 bits per heavy atom. The Morgan fingerprint density at radius 3 is 1.81 bits per heavy atom. The molecule has 0 saturated heterocycles. The lowest BCUT2D eigenvalue weighted by Crippen LogP contribution is -2.00. The number of para-hydroxylation sites is 1. The van der Waals surface area contributed by atoms with Crippen molar-refractivity contribution in [3.05, 3.63) is 163 Å². The molecule has 52 heavy (non-hydrogen) atoms. The van der Waals surface area contributed by atoms with E-state index in [0.717, 1.165) is 82.8 Å². The lowest BCUT2D eigenvalue weighted by atomic mass is 9.96. The van der Waals surface area contributed by atoms with Crippen molar-refractivity contribution < 1.29 is 8.83 Å². The first-order valence-electron chi connectivity index (χ1n) is 17.0. The number of fused-ring (bicyclic) bond motifs is 6. The molecule has 0 fully saturated rings. The summed E-state index contributed by atoms with van der Waals surface area (Å²) >= 11 is 0. The van der Waals surface area contributed by atoms with Crippen LogP contribution in [0.15, 0.2) is 167 Å². The Labute approximate surface area is 297 Å². The molecule has 6 nitrogen and oxygen atoms in total. The summed E-state index contributed by atoms with van der Waals surface area (Å²) in [5.74, 6) is 1.71. The molecule has 0 atom stereocenters. The molecule has 6 heteroatoms. The summed E-state index contributed by atoms with van der Waals surface area (Å²) in [5, 5.41) is 13.6. The average Bonchev–Trinajstić information content (AvgIpc) is 3.79. The van der Waals surface area contributed by atoms with Crippen molar-refractivity contribution in [3.63, 3.8) is 0 Å². The Bertz CT molecular complexity index is 3030. The molecule has 0 saturated carbocycles. The summed E-state index contributed by atoms with van der Waals surface area (Å²) in [7, 11) is 0. The second-order valence-electron chi connectivity index (χ2n) is 12.7. The molecule has 0 N–H and O–H groups in total. The summed E-state index contributed by atoms with van der Waals surface area (Å²) < 4.78 is 12.5. The van der Waals surface area contributed by atoms with Gasteiger partial charge < -0.3 is 8.83 Å². The van der Waals surface area contributed by atoms with E-state index in [4.69, 9.17) is 23.8 Å². The van der Waals surface area contributed by atoms with Crippen molar-refractivity contribution in [2.75, 3.05) is 0 Å². The van der Waals surface area contributed by atoms with Gasteiger partial charge in [-0.15, -0.1) is 0 Å². The van der Waals surface area contributed by atoms with Gasteiger partial charge in [-0.25, -0.2) is 15.0 Å². The molecule has 242 valence electrons. The minimum Gasteiger partial charge on any atom is -0.456 e. The molecule has 0 aliphatic carbocycles. The average molecular weight is 667 g/mol. The molecular formula is C46H26N4O2. The van der Waals surface area contributed by atoms with Gasteiger partial charge in [-0.05, 0) is 70.8 Å². The van der Waals surface area contributed by atoms with Crippen LogP contribution in [0.2, 0.25) is 0 Å². The maximum atomic E-state index is 9.62. The summed E-state index contributed by atoms with van der Waals surface area (Å²) in [5.41, 5.74) is 10.5. The minimum absolute atomic E-state index is 0.556. The molecule has 0 bridgehead atoms. The molecule has 0 unspecified atom stereocenters.